The highest BCUT2D eigenvalue weighted by Crippen LogP contribution is 2.34. The van der Waals surface area contributed by atoms with Crippen LogP contribution in [-0.4, -0.2) is 38.2 Å². The van der Waals surface area contributed by atoms with Crippen LogP contribution in [0.25, 0.3) is 17.0 Å². The number of hydrogen-bond donors (Lipinski definition) is 1. The number of amides is 2. The molecule has 3 aromatic rings. The van der Waals surface area contributed by atoms with Gasteiger partial charge in [-0.2, -0.15) is 0 Å². The van der Waals surface area contributed by atoms with Crippen LogP contribution in [0.1, 0.15) is 28.8 Å². The molecule has 2 aromatic heterocycles. The highest BCUT2D eigenvalue weighted by atomic mass is 32.2. The number of aromatic carboxylic acids is 1. The van der Waals surface area contributed by atoms with Crippen LogP contribution in [0.2, 0.25) is 0 Å². The first-order chi connectivity index (χ1) is 13.5. The normalized spacial score (nSPS) is 15.9. The number of nitrogens with zero attached hydrogens (tertiary/aromatic N) is 2. The Balaban J connectivity index is 1.73. The molecule has 8 heteroatoms. The number of likely N-dealkylation sites (N-methyl/N-ethyl adjacent to an activating group) is 1. The Morgan fingerprint density at radius 1 is 1.21 bits per heavy atom. The zero-order chi connectivity index (χ0) is 19.8. The maximum atomic E-state index is 12.4. The fourth-order valence-corrected chi connectivity index (χ4v) is 4.07. The van der Waals surface area contributed by atoms with E-state index in [4.69, 9.17) is 9.52 Å². The fourth-order valence-electron chi connectivity index (χ4n) is 3.18. The average molecular weight is 396 g/mol. The molecule has 1 aliphatic rings. The van der Waals surface area contributed by atoms with Crippen molar-refractivity contribution in [3.63, 3.8) is 0 Å². The van der Waals surface area contributed by atoms with Crippen LogP contribution in [0.3, 0.4) is 0 Å². The quantitative estimate of drug-likeness (QED) is 0.655. The SMILES string of the molecule is CCN1C(=O)SC(=Cc2cn(Cc3ccc(C(=O)O)o3)c3ccccc23)C1=O. The standard InChI is InChI=1S/C20H16N2O5S/c1-2-22-18(23)17(28-20(22)26)9-12-10-21(15-6-4-3-5-14(12)15)11-13-7-8-16(27-13)19(24)25/h3-10H,2,11H2,1H3,(H,24,25). The summed E-state index contributed by atoms with van der Waals surface area (Å²) in [7, 11) is 0. The number of furan rings is 1. The van der Waals surface area contributed by atoms with E-state index in [1.54, 1.807) is 19.1 Å². The molecule has 0 aliphatic carbocycles. The molecule has 0 atom stereocenters. The van der Waals surface area contributed by atoms with Crippen LogP contribution in [0, 0.1) is 0 Å². The van der Waals surface area contributed by atoms with E-state index in [-0.39, 0.29) is 16.9 Å². The highest BCUT2D eigenvalue weighted by Gasteiger charge is 2.33. The lowest BCUT2D eigenvalue weighted by atomic mass is 10.1. The fraction of sp³-hybridized carbons (Fsp3) is 0.150. The Morgan fingerprint density at radius 2 is 2.00 bits per heavy atom. The third-order valence-electron chi connectivity index (χ3n) is 4.49. The van der Waals surface area contributed by atoms with Crippen LogP contribution in [0.4, 0.5) is 4.79 Å². The lowest BCUT2D eigenvalue weighted by Crippen LogP contribution is -2.27. The minimum absolute atomic E-state index is 0.111. The molecular weight excluding hydrogens is 380 g/mol. The summed E-state index contributed by atoms with van der Waals surface area (Å²) in [6.45, 7) is 2.45. The van der Waals surface area contributed by atoms with Gasteiger partial charge in [0.2, 0.25) is 5.76 Å². The molecule has 1 N–H and O–H groups in total. The van der Waals surface area contributed by atoms with Gasteiger partial charge in [-0.3, -0.25) is 14.5 Å². The third kappa shape index (κ3) is 3.11. The molecular formula is C20H16N2O5S. The van der Waals surface area contributed by atoms with Gasteiger partial charge >= 0.3 is 5.97 Å². The second-order valence-electron chi connectivity index (χ2n) is 6.23. The molecule has 7 nitrogen and oxygen atoms in total. The van der Waals surface area contributed by atoms with E-state index < -0.39 is 5.97 Å². The topological polar surface area (TPSA) is 92.8 Å². The van der Waals surface area contributed by atoms with Gasteiger partial charge in [-0.1, -0.05) is 18.2 Å². The molecule has 0 saturated carbocycles. The van der Waals surface area contributed by atoms with Crippen molar-refractivity contribution in [2.75, 3.05) is 6.54 Å². The first kappa shape index (κ1) is 18.1. The molecule has 142 valence electrons. The number of fused-ring (bicyclic) bond motifs is 1. The number of carboxylic acids is 1. The van der Waals surface area contributed by atoms with Gasteiger partial charge in [-0.05, 0) is 43.0 Å². The van der Waals surface area contributed by atoms with Gasteiger partial charge in [0.15, 0.2) is 0 Å². The molecule has 4 rings (SSSR count). The molecule has 0 radical (unpaired) electrons. The predicted octanol–water partition coefficient (Wildman–Crippen LogP) is 4.04. The molecule has 2 amide bonds. The predicted molar refractivity (Wildman–Crippen MR) is 105 cm³/mol. The Kier molecular flexibility index (Phi) is 4.56. The molecule has 3 heterocycles. The Bertz CT molecular complexity index is 1140. The van der Waals surface area contributed by atoms with Crippen LogP contribution >= 0.6 is 11.8 Å². The molecule has 28 heavy (non-hydrogen) atoms. The summed E-state index contributed by atoms with van der Waals surface area (Å²) in [5.74, 6) is -1.00. The van der Waals surface area contributed by atoms with Gasteiger partial charge < -0.3 is 14.1 Å². The summed E-state index contributed by atoms with van der Waals surface area (Å²) in [4.78, 5) is 37.0. The first-order valence-corrected chi connectivity index (χ1v) is 9.45. The van der Waals surface area contributed by atoms with Gasteiger partial charge in [0.25, 0.3) is 11.1 Å². The Labute approximate surface area is 164 Å². The number of hydrogen-bond acceptors (Lipinski definition) is 5. The van der Waals surface area contributed by atoms with Crippen molar-refractivity contribution in [2.24, 2.45) is 0 Å². The number of thioether (sulfide) groups is 1. The van der Waals surface area contributed by atoms with Crippen molar-refractivity contribution in [1.82, 2.24) is 9.47 Å². The number of carbonyl (C=O) groups excluding carboxylic acids is 2. The van der Waals surface area contributed by atoms with Gasteiger partial charge in [-0.25, -0.2) is 4.79 Å². The van der Waals surface area contributed by atoms with Crippen LogP contribution < -0.4 is 0 Å². The van der Waals surface area contributed by atoms with Crippen molar-refractivity contribution in [3.05, 3.63) is 64.6 Å². The third-order valence-corrected chi connectivity index (χ3v) is 5.40. The largest absolute Gasteiger partial charge is 0.475 e. The van der Waals surface area contributed by atoms with E-state index in [1.165, 1.54) is 11.0 Å². The van der Waals surface area contributed by atoms with Gasteiger partial charge in [0.1, 0.15) is 5.76 Å². The number of imide groups is 1. The summed E-state index contributed by atoms with van der Waals surface area (Å²) in [6, 6.07) is 10.7. The number of rotatable bonds is 5. The molecule has 1 saturated heterocycles. The van der Waals surface area contributed by atoms with Crippen molar-refractivity contribution >= 4 is 45.9 Å². The minimum atomic E-state index is -1.11. The Morgan fingerprint density at radius 3 is 2.68 bits per heavy atom. The van der Waals surface area contributed by atoms with Gasteiger partial charge in [0, 0.05) is 29.2 Å². The average Bonchev–Trinajstić information content (AvgIpc) is 3.34. The number of para-hydroxylation sites is 1. The zero-order valence-corrected chi connectivity index (χ0v) is 15.7. The van der Waals surface area contributed by atoms with Crippen LogP contribution in [0.15, 0.2) is 51.9 Å². The summed E-state index contributed by atoms with van der Waals surface area (Å²) >= 11 is 0.935. The summed E-state index contributed by atoms with van der Waals surface area (Å²) < 4.78 is 7.28. The van der Waals surface area contributed by atoms with E-state index in [9.17, 15) is 14.4 Å². The number of aromatic nitrogens is 1. The van der Waals surface area contributed by atoms with Crippen LogP contribution in [-0.2, 0) is 11.3 Å². The maximum Gasteiger partial charge on any atom is 0.371 e. The summed E-state index contributed by atoms with van der Waals surface area (Å²) in [6.07, 6.45) is 3.59. The molecule has 1 aliphatic heterocycles. The molecule has 1 fully saturated rings. The number of benzene rings is 1. The van der Waals surface area contributed by atoms with E-state index in [1.807, 2.05) is 35.0 Å². The molecule has 0 unspecified atom stereocenters. The minimum Gasteiger partial charge on any atom is -0.475 e. The smallest absolute Gasteiger partial charge is 0.371 e. The number of carbonyl (C=O) groups is 3. The van der Waals surface area contributed by atoms with Crippen molar-refractivity contribution in [3.8, 4) is 0 Å². The summed E-state index contributed by atoms with van der Waals surface area (Å²) in [5, 5.41) is 9.68. The first-order valence-electron chi connectivity index (χ1n) is 8.63. The lowest BCUT2D eigenvalue weighted by molar-refractivity contribution is -0.122. The van der Waals surface area contributed by atoms with E-state index in [0.717, 1.165) is 28.2 Å². The van der Waals surface area contributed by atoms with E-state index in [0.29, 0.717) is 23.8 Å². The van der Waals surface area contributed by atoms with Crippen molar-refractivity contribution in [1.29, 1.82) is 0 Å². The van der Waals surface area contributed by atoms with Crippen molar-refractivity contribution < 1.29 is 23.9 Å². The summed E-state index contributed by atoms with van der Waals surface area (Å²) in [5.41, 5.74) is 1.72. The van der Waals surface area contributed by atoms with Gasteiger partial charge in [0.05, 0.1) is 11.4 Å². The van der Waals surface area contributed by atoms with E-state index >= 15 is 0 Å². The van der Waals surface area contributed by atoms with Crippen molar-refractivity contribution in [2.45, 2.75) is 13.5 Å². The van der Waals surface area contributed by atoms with Gasteiger partial charge in [-0.15, -0.1) is 0 Å². The molecule has 0 spiro atoms. The second-order valence-corrected chi connectivity index (χ2v) is 7.22. The highest BCUT2D eigenvalue weighted by molar-refractivity contribution is 8.18. The Hall–Kier alpha value is -3.26. The van der Waals surface area contributed by atoms with Crippen LogP contribution in [0.5, 0.6) is 0 Å². The molecule has 1 aromatic carbocycles. The zero-order valence-electron chi connectivity index (χ0n) is 14.9. The second kappa shape index (κ2) is 7.05. The monoisotopic (exact) mass is 396 g/mol. The maximum absolute atomic E-state index is 12.4. The molecule has 0 bridgehead atoms. The lowest BCUT2D eigenvalue weighted by Gasteiger charge is -2.06. The number of carboxylic acid groups (broad SMARTS) is 1. The van der Waals surface area contributed by atoms with E-state index in [2.05, 4.69) is 0 Å².